The number of aryl methyl sites for hydroxylation is 1. The van der Waals surface area contributed by atoms with Crippen LogP contribution in [0.3, 0.4) is 0 Å². The lowest BCUT2D eigenvalue weighted by Crippen LogP contribution is -2.52. The van der Waals surface area contributed by atoms with Gasteiger partial charge in [0.2, 0.25) is 0 Å². The van der Waals surface area contributed by atoms with E-state index in [0.717, 1.165) is 50.5 Å². The molecule has 148 valence electrons. The molecule has 0 aliphatic carbocycles. The first-order chi connectivity index (χ1) is 13.7. The highest BCUT2D eigenvalue weighted by Gasteiger charge is 2.23. The first-order valence-electron chi connectivity index (χ1n) is 10.1. The van der Waals surface area contributed by atoms with Crippen LogP contribution < -0.4 is 5.32 Å². The van der Waals surface area contributed by atoms with Crippen LogP contribution in [0.4, 0.5) is 4.79 Å². The van der Waals surface area contributed by atoms with Crippen molar-refractivity contribution in [2.45, 2.75) is 26.3 Å². The van der Waals surface area contributed by atoms with Gasteiger partial charge >= 0.3 is 6.03 Å². The summed E-state index contributed by atoms with van der Waals surface area (Å²) in [6, 6.07) is 16.3. The molecule has 1 aromatic heterocycles. The summed E-state index contributed by atoms with van der Waals surface area (Å²) in [4.78, 5) is 21.5. The number of urea groups is 1. The molecule has 0 spiro atoms. The second kappa shape index (κ2) is 10.0. The van der Waals surface area contributed by atoms with Crippen LogP contribution in [0.15, 0.2) is 54.6 Å². The van der Waals surface area contributed by atoms with Gasteiger partial charge in [-0.25, -0.2) is 4.79 Å². The molecule has 0 radical (unpaired) electrons. The third-order valence-corrected chi connectivity index (χ3v) is 5.11. The van der Waals surface area contributed by atoms with Gasteiger partial charge in [0.15, 0.2) is 0 Å². The Balaban J connectivity index is 1.46. The van der Waals surface area contributed by atoms with Crippen molar-refractivity contribution >= 4 is 12.1 Å². The fourth-order valence-corrected chi connectivity index (χ4v) is 3.42. The average molecular weight is 379 g/mol. The maximum atomic E-state index is 12.7. The Morgan fingerprint density at radius 3 is 2.54 bits per heavy atom. The highest BCUT2D eigenvalue weighted by atomic mass is 16.2. The summed E-state index contributed by atoms with van der Waals surface area (Å²) in [6.07, 6.45) is 5.17. The number of nitrogens with zero attached hydrogens (tertiary/aromatic N) is 3. The summed E-state index contributed by atoms with van der Waals surface area (Å²) in [6.45, 7) is 8.26. The minimum absolute atomic E-state index is 0.00892. The van der Waals surface area contributed by atoms with E-state index in [0.29, 0.717) is 0 Å². The Morgan fingerprint density at radius 1 is 1.11 bits per heavy atom. The third kappa shape index (κ3) is 5.67. The molecule has 2 heterocycles. The minimum atomic E-state index is -0.0424. The average Bonchev–Trinajstić information content (AvgIpc) is 2.73. The van der Waals surface area contributed by atoms with Gasteiger partial charge < -0.3 is 10.2 Å². The molecule has 3 rings (SSSR count). The van der Waals surface area contributed by atoms with Crippen molar-refractivity contribution in [2.75, 3.05) is 32.7 Å². The first-order valence-corrected chi connectivity index (χ1v) is 10.1. The molecule has 1 saturated heterocycles. The number of hydrogen-bond acceptors (Lipinski definition) is 3. The summed E-state index contributed by atoms with van der Waals surface area (Å²) in [7, 11) is 0. The number of benzene rings is 1. The van der Waals surface area contributed by atoms with Gasteiger partial charge in [-0.15, -0.1) is 0 Å². The molecule has 2 aromatic rings. The lowest BCUT2D eigenvalue weighted by molar-refractivity contribution is 0.144. The molecule has 1 aromatic carbocycles. The summed E-state index contributed by atoms with van der Waals surface area (Å²) >= 11 is 0. The Morgan fingerprint density at radius 2 is 1.86 bits per heavy atom. The van der Waals surface area contributed by atoms with E-state index in [1.165, 1.54) is 5.56 Å². The Kier molecular flexibility index (Phi) is 7.20. The van der Waals surface area contributed by atoms with Crippen LogP contribution in [-0.4, -0.2) is 53.5 Å². The molecule has 0 bridgehead atoms. The van der Waals surface area contributed by atoms with Gasteiger partial charge in [0.05, 0.1) is 11.7 Å². The lowest BCUT2D eigenvalue weighted by atomic mass is 10.1. The number of nitrogens with one attached hydrogen (secondary N) is 1. The number of carbonyl (C=O) groups excluding carboxylic acids is 1. The van der Waals surface area contributed by atoms with Crippen LogP contribution in [0.1, 0.15) is 36.3 Å². The summed E-state index contributed by atoms with van der Waals surface area (Å²) in [5.41, 5.74) is 3.12. The Bertz CT molecular complexity index is 782. The molecule has 5 nitrogen and oxygen atoms in total. The van der Waals surface area contributed by atoms with Crippen LogP contribution in [0, 0.1) is 6.92 Å². The molecule has 28 heavy (non-hydrogen) atoms. The van der Waals surface area contributed by atoms with E-state index in [2.05, 4.69) is 46.4 Å². The topological polar surface area (TPSA) is 48.5 Å². The van der Waals surface area contributed by atoms with Crippen molar-refractivity contribution < 1.29 is 4.79 Å². The van der Waals surface area contributed by atoms with Gasteiger partial charge in [0, 0.05) is 38.4 Å². The summed E-state index contributed by atoms with van der Waals surface area (Å²) in [5.74, 6) is 0. The zero-order valence-corrected chi connectivity index (χ0v) is 16.8. The largest absolute Gasteiger partial charge is 0.330 e. The maximum absolute atomic E-state index is 12.7. The van der Waals surface area contributed by atoms with E-state index in [-0.39, 0.29) is 12.1 Å². The van der Waals surface area contributed by atoms with Gasteiger partial charge in [0.25, 0.3) is 0 Å². The van der Waals surface area contributed by atoms with Crippen molar-refractivity contribution in [2.24, 2.45) is 0 Å². The highest BCUT2D eigenvalue weighted by molar-refractivity contribution is 5.74. The van der Waals surface area contributed by atoms with Crippen LogP contribution in [0.25, 0.3) is 6.08 Å². The minimum Gasteiger partial charge on any atom is -0.330 e. The molecule has 1 unspecified atom stereocenters. The van der Waals surface area contributed by atoms with Crippen LogP contribution in [0.2, 0.25) is 0 Å². The van der Waals surface area contributed by atoms with Crippen molar-refractivity contribution in [1.82, 2.24) is 20.1 Å². The van der Waals surface area contributed by atoms with Gasteiger partial charge in [-0.2, -0.15) is 0 Å². The Labute approximate surface area is 168 Å². The monoisotopic (exact) mass is 378 g/mol. The number of pyridine rings is 1. The van der Waals surface area contributed by atoms with Crippen LogP contribution >= 0.6 is 0 Å². The fourth-order valence-electron chi connectivity index (χ4n) is 3.42. The van der Waals surface area contributed by atoms with E-state index in [4.69, 9.17) is 0 Å². The maximum Gasteiger partial charge on any atom is 0.318 e. The molecular formula is C23H30N4O. The van der Waals surface area contributed by atoms with Gasteiger partial charge in [0.1, 0.15) is 0 Å². The standard InChI is InChI=1S/C23H30N4O/c1-3-21(22-13-7-9-19(2)24-22)25-23(28)27-17-15-26(16-18-27)14-8-12-20-10-5-4-6-11-20/h4-13,21H,3,14-18H2,1-2H3,(H,25,28)/b12-8+. The number of rotatable bonds is 6. The van der Waals surface area contributed by atoms with Gasteiger partial charge in [-0.1, -0.05) is 55.5 Å². The van der Waals surface area contributed by atoms with Gasteiger partial charge in [-0.3, -0.25) is 9.88 Å². The van der Waals surface area contributed by atoms with Gasteiger partial charge in [-0.05, 0) is 31.0 Å². The quantitative estimate of drug-likeness (QED) is 0.830. The van der Waals surface area contributed by atoms with Crippen molar-refractivity contribution in [3.63, 3.8) is 0 Å². The molecule has 1 fully saturated rings. The molecule has 5 heteroatoms. The molecule has 1 N–H and O–H groups in total. The highest BCUT2D eigenvalue weighted by Crippen LogP contribution is 2.15. The Hall–Kier alpha value is -2.66. The third-order valence-electron chi connectivity index (χ3n) is 5.11. The molecular weight excluding hydrogens is 348 g/mol. The van der Waals surface area contributed by atoms with Crippen LogP contribution in [0.5, 0.6) is 0 Å². The zero-order chi connectivity index (χ0) is 19.8. The number of hydrogen-bond donors (Lipinski definition) is 1. The van der Waals surface area contributed by atoms with E-state index < -0.39 is 0 Å². The van der Waals surface area contributed by atoms with Crippen molar-refractivity contribution in [3.8, 4) is 0 Å². The van der Waals surface area contributed by atoms with Crippen molar-refractivity contribution in [1.29, 1.82) is 0 Å². The molecule has 0 saturated carbocycles. The molecule has 1 aliphatic rings. The number of aromatic nitrogens is 1. The van der Waals surface area contributed by atoms with E-state index >= 15 is 0 Å². The zero-order valence-electron chi connectivity index (χ0n) is 16.8. The van der Waals surface area contributed by atoms with Crippen LogP contribution in [-0.2, 0) is 0 Å². The number of amides is 2. The lowest BCUT2D eigenvalue weighted by Gasteiger charge is -2.35. The van der Waals surface area contributed by atoms with E-state index in [1.54, 1.807) is 0 Å². The normalized spacial score (nSPS) is 16.3. The number of piperazine rings is 1. The first kappa shape index (κ1) is 20.1. The second-order valence-corrected chi connectivity index (χ2v) is 7.21. The molecule has 1 aliphatic heterocycles. The SMILES string of the molecule is CCC(NC(=O)N1CCN(C/C=C/c2ccccc2)CC1)c1cccc(C)n1. The smallest absolute Gasteiger partial charge is 0.318 e. The second-order valence-electron chi connectivity index (χ2n) is 7.21. The van der Waals surface area contributed by atoms with E-state index in [1.807, 2.05) is 48.2 Å². The molecule has 1 atom stereocenters. The summed E-state index contributed by atoms with van der Waals surface area (Å²) < 4.78 is 0. The van der Waals surface area contributed by atoms with E-state index in [9.17, 15) is 4.79 Å². The predicted octanol–water partition coefficient (Wildman–Crippen LogP) is 3.88. The summed E-state index contributed by atoms with van der Waals surface area (Å²) in [5, 5.41) is 3.15. The number of carbonyl (C=O) groups is 1. The fraction of sp³-hybridized carbons (Fsp3) is 0.391. The molecule has 2 amide bonds. The predicted molar refractivity (Wildman–Crippen MR) is 114 cm³/mol. The van der Waals surface area contributed by atoms with Crippen molar-refractivity contribution in [3.05, 3.63) is 71.6 Å².